The first-order valence-corrected chi connectivity index (χ1v) is 9.34. The zero-order valence-corrected chi connectivity index (χ0v) is 14.9. The zero-order valence-electron chi connectivity index (χ0n) is 14.0. The van der Waals surface area contributed by atoms with E-state index in [1.54, 1.807) is 13.8 Å². The molecule has 1 aromatic rings. The lowest BCUT2D eigenvalue weighted by Gasteiger charge is -2.25. The van der Waals surface area contributed by atoms with Crippen molar-refractivity contribution < 1.29 is 27.9 Å². The summed E-state index contributed by atoms with van der Waals surface area (Å²) >= 11 is 0. The number of hydrogen-bond donors (Lipinski definition) is 2. The number of carboxylic acids is 1. The van der Waals surface area contributed by atoms with Gasteiger partial charge in [-0.2, -0.15) is 0 Å². The molecule has 0 atom stereocenters. The van der Waals surface area contributed by atoms with E-state index in [-0.39, 0.29) is 30.3 Å². The second kappa shape index (κ2) is 8.14. The quantitative estimate of drug-likeness (QED) is 0.695. The first-order chi connectivity index (χ1) is 11.0. The van der Waals surface area contributed by atoms with E-state index in [1.165, 1.54) is 24.3 Å². The molecule has 2 N–H and O–H groups in total. The van der Waals surface area contributed by atoms with Crippen LogP contribution in [-0.4, -0.2) is 43.8 Å². The predicted molar refractivity (Wildman–Crippen MR) is 88.8 cm³/mol. The van der Waals surface area contributed by atoms with Crippen LogP contribution in [0.3, 0.4) is 0 Å². The van der Waals surface area contributed by atoms with E-state index in [2.05, 4.69) is 5.32 Å². The van der Waals surface area contributed by atoms with E-state index < -0.39 is 21.3 Å². The molecule has 0 unspecified atom stereocenters. The molecule has 1 amide bonds. The van der Waals surface area contributed by atoms with Crippen molar-refractivity contribution >= 4 is 21.7 Å². The van der Waals surface area contributed by atoms with Crippen molar-refractivity contribution in [3.63, 3.8) is 0 Å². The second-order valence-corrected chi connectivity index (χ2v) is 8.18. The number of benzene rings is 1. The van der Waals surface area contributed by atoms with Gasteiger partial charge in [0.25, 0.3) is 0 Å². The summed E-state index contributed by atoms with van der Waals surface area (Å²) in [4.78, 5) is 22.6. The molecule has 0 aliphatic heterocycles. The zero-order chi connectivity index (χ0) is 18.4. The fourth-order valence-corrected chi connectivity index (χ4v) is 2.60. The normalized spacial score (nSPS) is 11.8. The minimum Gasteiger partial charge on any atom is -0.493 e. The van der Waals surface area contributed by atoms with Gasteiger partial charge >= 0.3 is 5.97 Å². The van der Waals surface area contributed by atoms with Gasteiger partial charge in [-0.3, -0.25) is 9.59 Å². The molecule has 0 spiro atoms. The first kappa shape index (κ1) is 20.0. The maximum absolute atomic E-state index is 11.9. The average Bonchev–Trinajstić information content (AvgIpc) is 2.44. The van der Waals surface area contributed by atoms with Crippen LogP contribution in [0.25, 0.3) is 0 Å². The molecule has 0 aliphatic carbocycles. The van der Waals surface area contributed by atoms with Gasteiger partial charge in [0.05, 0.1) is 17.9 Å². The summed E-state index contributed by atoms with van der Waals surface area (Å²) in [5.74, 6) is -0.670. The summed E-state index contributed by atoms with van der Waals surface area (Å²) in [6.45, 7) is 3.66. The number of ether oxygens (including phenoxy) is 1. The van der Waals surface area contributed by atoms with Crippen LogP contribution in [0.2, 0.25) is 0 Å². The monoisotopic (exact) mass is 357 g/mol. The molecule has 1 rings (SSSR count). The van der Waals surface area contributed by atoms with Gasteiger partial charge in [0, 0.05) is 18.2 Å². The number of aliphatic carboxylic acids is 1. The van der Waals surface area contributed by atoms with Crippen molar-refractivity contribution in [2.75, 3.05) is 12.9 Å². The van der Waals surface area contributed by atoms with Crippen LogP contribution in [0.15, 0.2) is 29.2 Å². The molecule has 0 radical (unpaired) electrons. The van der Waals surface area contributed by atoms with Crippen molar-refractivity contribution in [2.45, 2.75) is 43.5 Å². The molecule has 0 saturated heterocycles. The maximum atomic E-state index is 11.9. The Morgan fingerprint density at radius 3 is 2.25 bits per heavy atom. The standard InChI is InChI=1S/C16H23NO6S/c1-16(2,10-8-15(19)20)17-14(18)9-11-23-12-4-6-13(7-5-12)24(3,21)22/h4-7H,8-11H2,1-3H3,(H,17,18)(H,19,20). The third kappa shape index (κ3) is 7.45. The van der Waals surface area contributed by atoms with Gasteiger partial charge in [-0.25, -0.2) is 8.42 Å². The maximum Gasteiger partial charge on any atom is 0.303 e. The van der Waals surface area contributed by atoms with Gasteiger partial charge < -0.3 is 15.2 Å². The summed E-state index contributed by atoms with van der Waals surface area (Å²) in [5.41, 5.74) is -0.605. The molecule has 24 heavy (non-hydrogen) atoms. The molecule has 0 bridgehead atoms. The molecular weight excluding hydrogens is 334 g/mol. The summed E-state index contributed by atoms with van der Waals surface area (Å²) < 4.78 is 28.1. The van der Waals surface area contributed by atoms with Crippen LogP contribution in [0.5, 0.6) is 5.75 Å². The lowest BCUT2D eigenvalue weighted by molar-refractivity contribution is -0.137. The number of carbonyl (C=O) groups excluding carboxylic acids is 1. The summed E-state index contributed by atoms with van der Waals surface area (Å²) in [5, 5.41) is 11.4. The van der Waals surface area contributed by atoms with Gasteiger partial charge in [-0.05, 0) is 44.5 Å². The SMILES string of the molecule is CC(C)(CCC(=O)O)NC(=O)CCOc1ccc(S(C)(=O)=O)cc1. The van der Waals surface area contributed by atoms with Crippen LogP contribution in [-0.2, 0) is 19.4 Å². The van der Waals surface area contributed by atoms with Gasteiger partial charge in [0.15, 0.2) is 9.84 Å². The summed E-state index contributed by atoms with van der Waals surface area (Å²) in [6, 6.07) is 5.95. The topological polar surface area (TPSA) is 110 Å². The molecule has 0 aromatic heterocycles. The van der Waals surface area contributed by atoms with Crippen LogP contribution in [0.1, 0.15) is 33.1 Å². The highest BCUT2D eigenvalue weighted by Crippen LogP contribution is 2.16. The highest BCUT2D eigenvalue weighted by molar-refractivity contribution is 7.90. The molecular formula is C16H23NO6S. The highest BCUT2D eigenvalue weighted by atomic mass is 32.2. The molecule has 7 nitrogen and oxygen atoms in total. The predicted octanol–water partition coefficient (Wildman–Crippen LogP) is 1.62. The van der Waals surface area contributed by atoms with Gasteiger partial charge in [0.1, 0.15) is 5.75 Å². The minimum absolute atomic E-state index is 0.0174. The Balaban J connectivity index is 2.41. The van der Waals surface area contributed by atoms with Crippen molar-refractivity contribution in [3.8, 4) is 5.75 Å². The number of hydrogen-bond acceptors (Lipinski definition) is 5. The number of rotatable bonds is 9. The smallest absolute Gasteiger partial charge is 0.303 e. The first-order valence-electron chi connectivity index (χ1n) is 7.45. The third-order valence-corrected chi connectivity index (χ3v) is 4.42. The number of carbonyl (C=O) groups is 2. The Morgan fingerprint density at radius 1 is 1.17 bits per heavy atom. The van der Waals surface area contributed by atoms with Crippen molar-refractivity contribution in [1.82, 2.24) is 5.32 Å². The molecule has 0 fully saturated rings. The van der Waals surface area contributed by atoms with E-state index >= 15 is 0 Å². The van der Waals surface area contributed by atoms with Crippen LogP contribution < -0.4 is 10.1 Å². The molecule has 8 heteroatoms. The highest BCUT2D eigenvalue weighted by Gasteiger charge is 2.21. The Morgan fingerprint density at radius 2 is 1.75 bits per heavy atom. The molecule has 134 valence electrons. The lowest BCUT2D eigenvalue weighted by Crippen LogP contribution is -2.44. The number of nitrogens with one attached hydrogen (secondary N) is 1. The number of carboxylic acid groups (broad SMARTS) is 1. The average molecular weight is 357 g/mol. The molecule has 0 saturated carbocycles. The number of amides is 1. The fourth-order valence-electron chi connectivity index (χ4n) is 1.97. The molecule has 0 aliphatic rings. The molecule has 1 aromatic carbocycles. The van der Waals surface area contributed by atoms with E-state index in [0.29, 0.717) is 12.2 Å². The van der Waals surface area contributed by atoms with E-state index in [0.717, 1.165) is 6.26 Å². The largest absolute Gasteiger partial charge is 0.493 e. The van der Waals surface area contributed by atoms with E-state index in [9.17, 15) is 18.0 Å². The lowest BCUT2D eigenvalue weighted by atomic mass is 9.98. The van der Waals surface area contributed by atoms with Gasteiger partial charge in [0.2, 0.25) is 5.91 Å². The Kier molecular flexibility index (Phi) is 6.77. The fraction of sp³-hybridized carbons (Fsp3) is 0.500. The van der Waals surface area contributed by atoms with E-state index in [1.807, 2.05) is 0 Å². The Bertz CT molecular complexity index is 679. The van der Waals surface area contributed by atoms with Crippen LogP contribution in [0, 0.1) is 0 Å². The Hall–Kier alpha value is -2.09. The third-order valence-electron chi connectivity index (χ3n) is 3.29. The summed E-state index contributed by atoms with van der Waals surface area (Å²) in [6.07, 6.45) is 1.56. The minimum atomic E-state index is -3.25. The van der Waals surface area contributed by atoms with Crippen LogP contribution in [0.4, 0.5) is 0 Å². The van der Waals surface area contributed by atoms with E-state index in [4.69, 9.17) is 9.84 Å². The second-order valence-electron chi connectivity index (χ2n) is 6.17. The number of sulfone groups is 1. The van der Waals surface area contributed by atoms with Crippen molar-refractivity contribution in [2.24, 2.45) is 0 Å². The molecule has 0 heterocycles. The summed E-state index contributed by atoms with van der Waals surface area (Å²) in [7, 11) is -3.25. The Labute approximate surface area is 141 Å². The van der Waals surface area contributed by atoms with Crippen molar-refractivity contribution in [1.29, 1.82) is 0 Å². The van der Waals surface area contributed by atoms with Crippen LogP contribution >= 0.6 is 0 Å². The van der Waals surface area contributed by atoms with Crippen molar-refractivity contribution in [3.05, 3.63) is 24.3 Å². The van der Waals surface area contributed by atoms with Gasteiger partial charge in [-0.15, -0.1) is 0 Å². The van der Waals surface area contributed by atoms with Gasteiger partial charge in [-0.1, -0.05) is 0 Å².